The highest BCUT2D eigenvalue weighted by molar-refractivity contribution is 5.99. The van der Waals surface area contributed by atoms with E-state index >= 15 is 0 Å². The fourth-order valence-corrected chi connectivity index (χ4v) is 1.69. The summed E-state index contributed by atoms with van der Waals surface area (Å²) in [5.74, 6) is 0. The second kappa shape index (κ2) is 1.78. The van der Waals surface area contributed by atoms with Crippen LogP contribution >= 0.6 is 0 Å². The number of hydrogen-bond donors (Lipinski definition) is 1. The van der Waals surface area contributed by atoms with Crippen LogP contribution in [0.1, 0.15) is 5.69 Å². The second-order valence-electron chi connectivity index (χ2n) is 3.17. The molecule has 2 aromatic heterocycles. The smallest absolute Gasteiger partial charge is 0.0727 e. The molecule has 0 fully saturated rings. The fourth-order valence-electron chi connectivity index (χ4n) is 1.69. The van der Waals surface area contributed by atoms with Gasteiger partial charge in [0.15, 0.2) is 0 Å². The molecule has 0 amide bonds. The lowest BCUT2D eigenvalue weighted by molar-refractivity contribution is 1.26. The number of aromatic nitrogens is 2. The molecule has 2 nitrogen and oxygen atoms in total. The Morgan fingerprint density at radius 2 is 2.17 bits per heavy atom. The van der Waals surface area contributed by atoms with Gasteiger partial charge in [-0.2, -0.15) is 0 Å². The highest BCUT2D eigenvalue weighted by atomic mass is 14.8. The molecule has 2 heterocycles. The SMILES string of the molecule is Cc1cc2[nH]c3ccc(n1)c2c3. The van der Waals surface area contributed by atoms with E-state index < -0.39 is 0 Å². The number of nitrogens with zero attached hydrogens (tertiary/aromatic N) is 1. The third kappa shape index (κ3) is 0.619. The standard InChI is InChI=1S/C10H8N2/c1-6-4-10-8-5-7(12-10)2-3-9(8)11-6/h2-5,12H,1H3. The molecule has 0 unspecified atom stereocenters. The summed E-state index contributed by atoms with van der Waals surface area (Å²) >= 11 is 0. The molecule has 1 N–H and O–H groups in total. The minimum atomic E-state index is 1.07. The van der Waals surface area contributed by atoms with Crippen LogP contribution in [0.2, 0.25) is 0 Å². The Kier molecular flexibility index (Phi) is 0.888. The topological polar surface area (TPSA) is 28.7 Å². The van der Waals surface area contributed by atoms with E-state index in [1.807, 2.05) is 6.92 Å². The van der Waals surface area contributed by atoms with E-state index in [9.17, 15) is 0 Å². The first-order chi connectivity index (χ1) is 5.83. The summed E-state index contributed by atoms with van der Waals surface area (Å²) in [5, 5.41) is 1.23. The maximum atomic E-state index is 4.43. The molecule has 2 bridgehead atoms. The van der Waals surface area contributed by atoms with Crippen molar-refractivity contribution >= 4 is 21.9 Å². The molecular formula is C10H8N2. The number of rotatable bonds is 0. The lowest BCUT2D eigenvalue weighted by Crippen LogP contribution is -1.80. The molecule has 2 heteroatoms. The second-order valence-corrected chi connectivity index (χ2v) is 3.17. The van der Waals surface area contributed by atoms with E-state index in [-0.39, 0.29) is 0 Å². The minimum Gasteiger partial charge on any atom is -0.355 e. The van der Waals surface area contributed by atoms with Crippen molar-refractivity contribution < 1.29 is 0 Å². The van der Waals surface area contributed by atoms with Gasteiger partial charge in [-0.3, -0.25) is 4.98 Å². The van der Waals surface area contributed by atoms with Crippen molar-refractivity contribution in [1.82, 2.24) is 9.97 Å². The van der Waals surface area contributed by atoms with Gasteiger partial charge in [0, 0.05) is 22.1 Å². The number of benzene rings is 1. The predicted octanol–water partition coefficient (Wildman–Crippen LogP) is 2.46. The average Bonchev–Trinajstić information content (AvgIpc) is 2.40. The summed E-state index contributed by atoms with van der Waals surface area (Å²) in [6, 6.07) is 8.33. The van der Waals surface area contributed by atoms with Crippen LogP contribution < -0.4 is 0 Å². The van der Waals surface area contributed by atoms with Gasteiger partial charge in [0.25, 0.3) is 0 Å². The van der Waals surface area contributed by atoms with Crippen LogP contribution in [0.3, 0.4) is 0 Å². The van der Waals surface area contributed by atoms with Crippen LogP contribution in [-0.4, -0.2) is 9.97 Å². The van der Waals surface area contributed by atoms with Crippen molar-refractivity contribution in [3.63, 3.8) is 0 Å². The zero-order chi connectivity index (χ0) is 8.13. The van der Waals surface area contributed by atoms with E-state index in [0.29, 0.717) is 0 Å². The molecule has 0 aliphatic heterocycles. The molecule has 0 saturated heterocycles. The Bertz CT molecular complexity index is 517. The Balaban J connectivity index is 2.72. The number of fused-ring (bicyclic) bond motifs is 1. The van der Waals surface area contributed by atoms with Gasteiger partial charge in [-0.25, -0.2) is 0 Å². The molecule has 0 saturated carbocycles. The maximum Gasteiger partial charge on any atom is 0.0727 e. The molecule has 3 rings (SSSR count). The quantitative estimate of drug-likeness (QED) is 0.532. The Morgan fingerprint density at radius 1 is 1.25 bits per heavy atom. The van der Waals surface area contributed by atoms with Gasteiger partial charge in [0.1, 0.15) is 0 Å². The van der Waals surface area contributed by atoms with Gasteiger partial charge < -0.3 is 4.98 Å². The lowest BCUT2D eigenvalue weighted by atomic mass is 10.2. The van der Waals surface area contributed by atoms with Crippen LogP contribution in [0.15, 0.2) is 24.3 Å². The van der Waals surface area contributed by atoms with Gasteiger partial charge in [0.2, 0.25) is 0 Å². The van der Waals surface area contributed by atoms with Gasteiger partial charge in [-0.15, -0.1) is 0 Å². The van der Waals surface area contributed by atoms with Crippen LogP contribution in [0.25, 0.3) is 21.9 Å². The molecule has 0 aliphatic carbocycles. The summed E-state index contributed by atoms with van der Waals surface area (Å²) in [4.78, 5) is 7.74. The summed E-state index contributed by atoms with van der Waals surface area (Å²) in [6.07, 6.45) is 0. The normalized spacial score (nSPS) is 11.8. The zero-order valence-electron chi connectivity index (χ0n) is 6.76. The van der Waals surface area contributed by atoms with Crippen molar-refractivity contribution in [1.29, 1.82) is 0 Å². The number of aromatic amines is 1. The Labute approximate surface area is 69.6 Å². The fraction of sp³-hybridized carbons (Fsp3) is 0.100. The number of nitrogens with one attached hydrogen (secondary N) is 1. The van der Waals surface area contributed by atoms with Crippen molar-refractivity contribution in [2.24, 2.45) is 0 Å². The number of pyridine rings is 1. The highest BCUT2D eigenvalue weighted by Gasteiger charge is 2.03. The third-order valence-electron chi connectivity index (χ3n) is 2.22. The largest absolute Gasteiger partial charge is 0.355 e. The molecule has 0 atom stereocenters. The molecule has 0 spiro atoms. The van der Waals surface area contributed by atoms with Crippen LogP contribution in [0, 0.1) is 6.92 Å². The highest BCUT2D eigenvalue weighted by Crippen LogP contribution is 2.23. The van der Waals surface area contributed by atoms with Gasteiger partial charge in [-0.05, 0) is 31.2 Å². The lowest BCUT2D eigenvalue weighted by Gasteiger charge is -1.94. The van der Waals surface area contributed by atoms with Crippen LogP contribution in [0.5, 0.6) is 0 Å². The predicted molar refractivity (Wildman–Crippen MR) is 49.5 cm³/mol. The van der Waals surface area contributed by atoms with Crippen molar-refractivity contribution in [3.05, 3.63) is 30.0 Å². The molecule has 12 heavy (non-hydrogen) atoms. The number of aryl methyl sites for hydroxylation is 1. The van der Waals surface area contributed by atoms with E-state index in [4.69, 9.17) is 0 Å². The van der Waals surface area contributed by atoms with E-state index in [2.05, 4.69) is 34.2 Å². The third-order valence-corrected chi connectivity index (χ3v) is 2.22. The monoisotopic (exact) mass is 156 g/mol. The summed E-state index contributed by atoms with van der Waals surface area (Å²) in [7, 11) is 0. The molecule has 3 aromatic rings. The first-order valence-corrected chi connectivity index (χ1v) is 4.01. The summed E-state index contributed by atoms with van der Waals surface area (Å²) in [5.41, 5.74) is 4.51. The van der Waals surface area contributed by atoms with E-state index in [0.717, 1.165) is 11.2 Å². The Morgan fingerprint density at radius 3 is 3.08 bits per heavy atom. The van der Waals surface area contributed by atoms with Gasteiger partial charge >= 0.3 is 0 Å². The zero-order valence-corrected chi connectivity index (χ0v) is 6.76. The van der Waals surface area contributed by atoms with E-state index in [1.54, 1.807) is 0 Å². The summed E-state index contributed by atoms with van der Waals surface area (Å²) in [6.45, 7) is 2.02. The van der Waals surface area contributed by atoms with Crippen molar-refractivity contribution in [2.75, 3.05) is 0 Å². The molecule has 1 aromatic carbocycles. The van der Waals surface area contributed by atoms with E-state index in [1.165, 1.54) is 16.4 Å². The molecule has 58 valence electrons. The van der Waals surface area contributed by atoms with Gasteiger partial charge in [-0.1, -0.05) is 0 Å². The maximum absolute atomic E-state index is 4.43. The molecular weight excluding hydrogens is 148 g/mol. The number of hydrogen-bond acceptors (Lipinski definition) is 1. The average molecular weight is 156 g/mol. The summed E-state index contributed by atoms with van der Waals surface area (Å²) < 4.78 is 0. The first-order valence-electron chi connectivity index (χ1n) is 4.01. The first kappa shape index (κ1) is 6.00. The van der Waals surface area contributed by atoms with Gasteiger partial charge in [0.05, 0.1) is 5.52 Å². The Hall–Kier alpha value is -1.57. The van der Waals surface area contributed by atoms with Crippen molar-refractivity contribution in [2.45, 2.75) is 6.92 Å². The molecule has 0 aliphatic rings. The number of H-pyrrole nitrogens is 1. The van der Waals surface area contributed by atoms with Crippen molar-refractivity contribution in [3.8, 4) is 0 Å². The molecule has 0 radical (unpaired) electrons. The minimum absolute atomic E-state index is 1.07. The van der Waals surface area contributed by atoms with Crippen LogP contribution in [0.4, 0.5) is 0 Å². The van der Waals surface area contributed by atoms with Crippen LogP contribution in [-0.2, 0) is 0 Å².